The van der Waals surface area contributed by atoms with Gasteiger partial charge in [-0.2, -0.15) is 0 Å². The van der Waals surface area contributed by atoms with Crippen LogP contribution in [0.25, 0.3) is 0 Å². The smallest absolute Gasteiger partial charge is 0.311 e. The average Bonchev–Trinajstić information content (AvgIpc) is 2.27. The highest BCUT2D eigenvalue weighted by Gasteiger charge is 2.55. The second-order valence-corrected chi connectivity index (χ2v) is 4.07. The van der Waals surface area contributed by atoms with Crippen molar-refractivity contribution in [3.8, 4) is 0 Å². The third-order valence-corrected chi connectivity index (χ3v) is 2.88. The van der Waals surface area contributed by atoms with Crippen molar-refractivity contribution in [2.75, 3.05) is 0 Å². The van der Waals surface area contributed by atoms with E-state index in [1.54, 1.807) is 0 Å². The molecule has 2 unspecified atom stereocenters. The molecule has 0 saturated heterocycles. The molecule has 0 aromatic rings. The predicted molar refractivity (Wildman–Crippen MR) is 59.1 cm³/mol. The summed E-state index contributed by atoms with van der Waals surface area (Å²) in [5.41, 5.74) is -2.31. The van der Waals surface area contributed by atoms with Crippen LogP contribution in [-0.2, 0) is 9.59 Å². The molecule has 0 bridgehead atoms. The van der Waals surface area contributed by atoms with Gasteiger partial charge in [0.15, 0.2) is 5.76 Å². The van der Waals surface area contributed by atoms with Crippen LogP contribution in [0.5, 0.6) is 0 Å². The van der Waals surface area contributed by atoms with Gasteiger partial charge in [0.05, 0.1) is 6.42 Å². The maximum Gasteiger partial charge on any atom is 0.311 e. The van der Waals surface area contributed by atoms with Gasteiger partial charge in [-0.25, -0.2) is 0 Å². The van der Waals surface area contributed by atoms with E-state index in [9.17, 15) is 29.9 Å². The first-order valence-electron chi connectivity index (χ1n) is 5.10. The van der Waals surface area contributed by atoms with Crippen LogP contribution in [0.4, 0.5) is 0 Å². The summed E-state index contributed by atoms with van der Waals surface area (Å²) in [6.07, 6.45) is -0.302. The minimum atomic E-state index is -2.31. The van der Waals surface area contributed by atoms with Crippen molar-refractivity contribution in [3.05, 3.63) is 33.8 Å². The first kappa shape index (κ1) is 14.5. The standard InChI is InChI=1S/C10H11NO8/c12-6-1-2-10(11(18)19,4-8(15)16)5(9(6)17)3-7(13)14/h1-2,5,12,17H,3-4H2,(H,13,14)(H,15,16). The molecule has 104 valence electrons. The van der Waals surface area contributed by atoms with Crippen LogP contribution in [0.2, 0.25) is 0 Å². The highest BCUT2D eigenvalue weighted by atomic mass is 16.6. The molecule has 9 nitrogen and oxygen atoms in total. The lowest BCUT2D eigenvalue weighted by molar-refractivity contribution is -0.564. The number of hydrogen-bond donors (Lipinski definition) is 4. The lowest BCUT2D eigenvalue weighted by atomic mass is 9.75. The normalized spacial score (nSPS) is 26.2. The first-order valence-corrected chi connectivity index (χ1v) is 5.10. The minimum absolute atomic E-state index is 0.714. The number of rotatable bonds is 5. The van der Waals surface area contributed by atoms with E-state index in [4.69, 9.17) is 10.2 Å². The molecule has 0 amide bonds. The molecule has 1 aliphatic rings. The third kappa shape index (κ3) is 2.64. The van der Waals surface area contributed by atoms with Gasteiger partial charge in [0.1, 0.15) is 18.1 Å². The van der Waals surface area contributed by atoms with Crippen molar-refractivity contribution < 1.29 is 34.9 Å². The molecule has 19 heavy (non-hydrogen) atoms. The summed E-state index contributed by atoms with van der Waals surface area (Å²) in [6.45, 7) is 0. The van der Waals surface area contributed by atoms with Crippen LogP contribution in [-0.4, -0.2) is 42.8 Å². The van der Waals surface area contributed by atoms with Gasteiger partial charge in [0.25, 0.3) is 5.54 Å². The van der Waals surface area contributed by atoms with E-state index in [1.807, 2.05) is 0 Å². The number of aliphatic hydroxyl groups is 2. The molecule has 2 atom stereocenters. The van der Waals surface area contributed by atoms with Crippen molar-refractivity contribution in [2.45, 2.75) is 18.4 Å². The molecule has 0 aromatic carbocycles. The number of aliphatic carboxylic acids is 2. The number of hydrogen-bond acceptors (Lipinski definition) is 6. The number of carboxylic acids is 2. The van der Waals surface area contributed by atoms with E-state index in [1.165, 1.54) is 0 Å². The van der Waals surface area contributed by atoms with Crippen LogP contribution in [0, 0.1) is 16.0 Å². The second-order valence-electron chi connectivity index (χ2n) is 4.07. The zero-order valence-corrected chi connectivity index (χ0v) is 9.52. The molecule has 0 aromatic heterocycles. The number of carbonyl (C=O) groups is 2. The highest BCUT2D eigenvalue weighted by molar-refractivity contribution is 5.71. The van der Waals surface area contributed by atoms with Crippen LogP contribution in [0.15, 0.2) is 23.7 Å². The van der Waals surface area contributed by atoms with Gasteiger partial charge in [-0.15, -0.1) is 0 Å². The minimum Gasteiger partial charge on any atom is -0.508 e. The molecule has 1 rings (SSSR count). The SMILES string of the molecule is O=C(O)CC1C(O)=C(O)C=CC1(CC(=O)O)[N+](=O)[O-]. The zero-order chi connectivity index (χ0) is 14.8. The summed E-state index contributed by atoms with van der Waals surface area (Å²) in [4.78, 5) is 31.6. The lowest BCUT2D eigenvalue weighted by Crippen LogP contribution is -2.49. The Morgan fingerprint density at radius 3 is 2.32 bits per heavy atom. The second kappa shape index (κ2) is 4.96. The van der Waals surface area contributed by atoms with Crippen molar-refractivity contribution in [1.29, 1.82) is 0 Å². The Morgan fingerprint density at radius 2 is 1.89 bits per heavy atom. The summed E-state index contributed by atoms with van der Waals surface area (Å²) in [5, 5.41) is 47.5. The van der Waals surface area contributed by atoms with E-state index in [2.05, 4.69) is 0 Å². The maximum absolute atomic E-state index is 11.1. The first-order chi connectivity index (χ1) is 8.70. The lowest BCUT2D eigenvalue weighted by Gasteiger charge is -2.30. The topological polar surface area (TPSA) is 158 Å². The van der Waals surface area contributed by atoms with E-state index in [0.717, 1.165) is 12.2 Å². The van der Waals surface area contributed by atoms with Gasteiger partial charge in [-0.1, -0.05) is 0 Å². The summed E-state index contributed by atoms with van der Waals surface area (Å²) in [6, 6.07) is 0. The summed E-state index contributed by atoms with van der Waals surface area (Å²) < 4.78 is 0. The van der Waals surface area contributed by atoms with Crippen LogP contribution >= 0.6 is 0 Å². The Balaban J connectivity index is 3.34. The highest BCUT2D eigenvalue weighted by Crippen LogP contribution is 2.38. The molecule has 0 radical (unpaired) electrons. The van der Waals surface area contributed by atoms with E-state index < -0.39 is 52.7 Å². The molecule has 0 saturated carbocycles. The van der Waals surface area contributed by atoms with Gasteiger partial charge in [-0.05, 0) is 12.2 Å². The number of aliphatic hydroxyl groups excluding tert-OH is 2. The van der Waals surface area contributed by atoms with Crippen molar-refractivity contribution >= 4 is 11.9 Å². The Kier molecular flexibility index (Phi) is 3.78. The van der Waals surface area contributed by atoms with Crippen LogP contribution < -0.4 is 0 Å². The number of nitro groups is 1. The third-order valence-electron chi connectivity index (χ3n) is 2.88. The monoisotopic (exact) mass is 273 g/mol. The molecule has 0 fully saturated rings. The van der Waals surface area contributed by atoms with Crippen LogP contribution in [0.1, 0.15) is 12.8 Å². The molecule has 4 N–H and O–H groups in total. The zero-order valence-electron chi connectivity index (χ0n) is 9.52. The van der Waals surface area contributed by atoms with E-state index in [0.29, 0.717) is 0 Å². The summed E-state index contributed by atoms with van der Waals surface area (Å²) >= 11 is 0. The quantitative estimate of drug-likeness (QED) is 0.415. The molecule has 0 spiro atoms. The maximum atomic E-state index is 11.1. The summed E-state index contributed by atoms with van der Waals surface area (Å²) in [5.74, 6) is -6.25. The van der Waals surface area contributed by atoms with Gasteiger partial charge < -0.3 is 20.4 Å². The number of allylic oxidation sites excluding steroid dienone is 1. The Bertz CT molecular complexity index is 494. The average molecular weight is 273 g/mol. The predicted octanol–water partition coefficient (Wildman–Crippen LogP) is 0.465. The van der Waals surface area contributed by atoms with Gasteiger partial charge >= 0.3 is 11.9 Å². The van der Waals surface area contributed by atoms with E-state index in [-0.39, 0.29) is 0 Å². The fourth-order valence-corrected chi connectivity index (χ4v) is 1.97. The van der Waals surface area contributed by atoms with Crippen molar-refractivity contribution in [2.24, 2.45) is 5.92 Å². The molecule has 9 heteroatoms. The summed E-state index contributed by atoms with van der Waals surface area (Å²) in [7, 11) is 0. The number of carboxylic acid groups (broad SMARTS) is 2. The molecule has 0 heterocycles. The van der Waals surface area contributed by atoms with Crippen molar-refractivity contribution in [1.82, 2.24) is 0 Å². The Labute approximate surface area is 106 Å². The van der Waals surface area contributed by atoms with Gasteiger partial charge in [-0.3, -0.25) is 19.7 Å². The molecule has 0 aliphatic heterocycles. The van der Waals surface area contributed by atoms with E-state index >= 15 is 0 Å². The largest absolute Gasteiger partial charge is 0.508 e. The van der Waals surface area contributed by atoms with Crippen molar-refractivity contribution in [3.63, 3.8) is 0 Å². The molecular formula is C10H11NO8. The fourth-order valence-electron chi connectivity index (χ4n) is 1.97. The number of nitrogens with zero attached hydrogens (tertiary/aromatic N) is 1. The Hall–Kier alpha value is -2.58. The fraction of sp³-hybridized carbons (Fsp3) is 0.400. The Morgan fingerprint density at radius 1 is 1.32 bits per heavy atom. The molecular weight excluding hydrogens is 262 g/mol. The van der Waals surface area contributed by atoms with Crippen LogP contribution in [0.3, 0.4) is 0 Å². The van der Waals surface area contributed by atoms with Gasteiger partial charge in [0.2, 0.25) is 0 Å². The molecule has 1 aliphatic carbocycles. The van der Waals surface area contributed by atoms with Gasteiger partial charge in [0, 0.05) is 4.92 Å².